The number of amides is 1. The van der Waals surface area contributed by atoms with Crippen molar-refractivity contribution in [3.05, 3.63) is 58.7 Å². The molecule has 2 aromatic carbocycles. The quantitative estimate of drug-likeness (QED) is 0.657. The fourth-order valence-electron chi connectivity index (χ4n) is 3.37. The third-order valence-electron chi connectivity index (χ3n) is 5.00. The van der Waals surface area contributed by atoms with Crippen LogP contribution in [0.15, 0.2) is 36.4 Å². The summed E-state index contributed by atoms with van der Waals surface area (Å²) in [5, 5.41) is 3.12. The van der Waals surface area contributed by atoms with Gasteiger partial charge in [-0.2, -0.15) is 0 Å². The van der Waals surface area contributed by atoms with Gasteiger partial charge in [-0.25, -0.2) is 0 Å². The second kappa shape index (κ2) is 9.63. The van der Waals surface area contributed by atoms with E-state index in [-0.39, 0.29) is 11.9 Å². The molecule has 0 saturated carbocycles. The van der Waals surface area contributed by atoms with Crippen molar-refractivity contribution in [2.45, 2.75) is 66.0 Å². The van der Waals surface area contributed by atoms with Crippen molar-refractivity contribution >= 4 is 5.91 Å². The molecule has 28 heavy (non-hydrogen) atoms. The Kier molecular flexibility index (Phi) is 7.50. The molecule has 0 unspecified atom stereocenters. The van der Waals surface area contributed by atoms with E-state index in [9.17, 15) is 4.79 Å². The molecule has 0 bridgehead atoms. The first kappa shape index (κ1) is 21.8. The average molecular weight is 384 g/mol. The first-order chi connectivity index (χ1) is 13.3. The van der Waals surface area contributed by atoms with Crippen molar-refractivity contribution in [2.75, 3.05) is 7.11 Å². The summed E-state index contributed by atoms with van der Waals surface area (Å²) in [6.07, 6.45) is 0.0816. The monoisotopic (exact) mass is 383 g/mol. The minimum absolute atomic E-state index is 0.0992. The number of hydrogen-bond acceptors (Lipinski definition) is 3. The first-order valence-corrected chi connectivity index (χ1v) is 9.98. The third kappa shape index (κ3) is 5.28. The number of ether oxygens (including phenoxy) is 2. The lowest BCUT2D eigenvalue weighted by atomic mass is 9.93. The molecule has 2 rings (SSSR count). The third-order valence-corrected chi connectivity index (χ3v) is 5.00. The first-order valence-electron chi connectivity index (χ1n) is 9.98. The Morgan fingerprint density at radius 2 is 1.79 bits per heavy atom. The van der Waals surface area contributed by atoms with E-state index in [1.54, 1.807) is 7.11 Å². The Balaban J connectivity index is 2.17. The van der Waals surface area contributed by atoms with Gasteiger partial charge in [0.2, 0.25) is 0 Å². The molecule has 4 nitrogen and oxygen atoms in total. The Labute approximate surface area is 169 Å². The van der Waals surface area contributed by atoms with Crippen LogP contribution in [-0.4, -0.2) is 19.1 Å². The largest absolute Gasteiger partial charge is 0.496 e. The van der Waals surface area contributed by atoms with Crippen LogP contribution < -0.4 is 14.8 Å². The van der Waals surface area contributed by atoms with Crippen LogP contribution in [0.4, 0.5) is 0 Å². The number of hydrogen-bond donors (Lipinski definition) is 1. The van der Waals surface area contributed by atoms with Gasteiger partial charge in [0, 0.05) is 0 Å². The predicted molar refractivity (Wildman–Crippen MR) is 114 cm³/mol. The van der Waals surface area contributed by atoms with Gasteiger partial charge < -0.3 is 14.8 Å². The van der Waals surface area contributed by atoms with Gasteiger partial charge in [0.1, 0.15) is 11.5 Å². The van der Waals surface area contributed by atoms with E-state index in [1.807, 2.05) is 58.0 Å². The maximum atomic E-state index is 12.8. The van der Waals surface area contributed by atoms with E-state index in [1.165, 1.54) is 0 Å². The summed E-state index contributed by atoms with van der Waals surface area (Å²) in [5.41, 5.74) is 4.45. The van der Waals surface area contributed by atoms with E-state index in [4.69, 9.17) is 9.47 Å². The van der Waals surface area contributed by atoms with Crippen LogP contribution in [0, 0.1) is 13.8 Å². The van der Waals surface area contributed by atoms with Gasteiger partial charge in [-0.05, 0) is 79.6 Å². The van der Waals surface area contributed by atoms with Crippen molar-refractivity contribution in [1.29, 1.82) is 0 Å². The highest BCUT2D eigenvalue weighted by Gasteiger charge is 2.22. The van der Waals surface area contributed by atoms with E-state index < -0.39 is 6.10 Å². The molecule has 2 atom stereocenters. The van der Waals surface area contributed by atoms with Crippen molar-refractivity contribution in [3.8, 4) is 11.5 Å². The Bertz CT molecular complexity index is 813. The number of rotatable bonds is 8. The molecule has 0 saturated heterocycles. The average Bonchev–Trinajstić information content (AvgIpc) is 2.65. The molecule has 0 radical (unpaired) electrons. The molecular formula is C24H33NO3. The summed E-state index contributed by atoms with van der Waals surface area (Å²) < 4.78 is 11.5. The summed E-state index contributed by atoms with van der Waals surface area (Å²) in [4.78, 5) is 12.8. The van der Waals surface area contributed by atoms with Gasteiger partial charge in [-0.15, -0.1) is 0 Å². The summed E-state index contributed by atoms with van der Waals surface area (Å²) in [7, 11) is 1.69. The molecule has 2 aromatic rings. The Morgan fingerprint density at radius 1 is 1.07 bits per heavy atom. The summed E-state index contributed by atoms with van der Waals surface area (Å²) in [5.74, 6) is 1.85. The van der Waals surface area contributed by atoms with Gasteiger partial charge >= 0.3 is 0 Å². The van der Waals surface area contributed by atoms with Crippen molar-refractivity contribution in [2.24, 2.45) is 0 Å². The van der Waals surface area contributed by atoms with Gasteiger partial charge in [0.25, 0.3) is 5.91 Å². The van der Waals surface area contributed by atoms with Gasteiger partial charge in [-0.1, -0.05) is 32.9 Å². The minimum Gasteiger partial charge on any atom is -0.496 e. The van der Waals surface area contributed by atoms with E-state index in [0.717, 1.165) is 33.8 Å². The number of nitrogens with one attached hydrogen (secondary N) is 1. The highest BCUT2D eigenvalue weighted by Crippen LogP contribution is 2.32. The van der Waals surface area contributed by atoms with Crippen molar-refractivity contribution in [3.63, 3.8) is 0 Å². The zero-order valence-corrected chi connectivity index (χ0v) is 18.1. The highest BCUT2D eigenvalue weighted by atomic mass is 16.5. The predicted octanol–water partition coefficient (Wildman–Crippen LogP) is 5.47. The van der Waals surface area contributed by atoms with Crippen LogP contribution in [0.1, 0.15) is 68.3 Å². The molecule has 1 N–H and O–H groups in total. The molecule has 0 aliphatic heterocycles. The van der Waals surface area contributed by atoms with Crippen molar-refractivity contribution < 1.29 is 14.3 Å². The molecule has 0 heterocycles. The molecule has 0 aliphatic carbocycles. The van der Waals surface area contributed by atoms with Crippen LogP contribution in [0.5, 0.6) is 11.5 Å². The standard InChI is InChI=1S/C24H33NO3/c1-8-22(28-19-11-9-10-16(4)12-19)24(26)25-18(6)21-14-20(15(2)3)23(27-7)13-17(21)5/h9-15,18,22H,8H2,1-7H3,(H,25,26)/t18-,22+/m1/s1. The molecule has 1 amide bonds. The van der Waals surface area contributed by atoms with Gasteiger partial charge in [0.05, 0.1) is 13.2 Å². The maximum Gasteiger partial charge on any atom is 0.261 e. The summed E-state index contributed by atoms with van der Waals surface area (Å²) in [6.45, 7) is 12.3. The van der Waals surface area contributed by atoms with Gasteiger partial charge in [-0.3, -0.25) is 4.79 Å². The molecule has 0 spiro atoms. The SMILES string of the molecule is CC[C@H](Oc1cccc(C)c1)C(=O)N[C@H](C)c1cc(C(C)C)c(OC)cc1C. The highest BCUT2D eigenvalue weighted by molar-refractivity contribution is 5.81. The minimum atomic E-state index is -0.521. The van der Waals surface area contributed by atoms with Crippen LogP contribution >= 0.6 is 0 Å². The zero-order valence-electron chi connectivity index (χ0n) is 18.1. The topological polar surface area (TPSA) is 47.6 Å². The Hall–Kier alpha value is -2.49. The summed E-state index contributed by atoms with van der Waals surface area (Å²) >= 11 is 0. The van der Waals surface area contributed by atoms with E-state index in [2.05, 4.69) is 25.2 Å². The number of carbonyl (C=O) groups is 1. The molecule has 152 valence electrons. The molecule has 4 heteroatoms. The second-order valence-corrected chi connectivity index (χ2v) is 7.67. The van der Waals surface area contributed by atoms with Crippen LogP contribution in [0.25, 0.3) is 0 Å². The van der Waals surface area contributed by atoms with Crippen LogP contribution in [0.2, 0.25) is 0 Å². The lowest BCUT2D eigenvalue weighted by Crippen LogP contribution is -2.39. The maximum absolute atomic E-state index is 12.8. The fraction of sp³-hybridized carbons (Fsp3) is 0.458. The zero-order chi connectivity index (χ0) is 20.8. The van der Waals surface area contributed by atoms with E-state index in [0.29, 0.717) is 12.3 Å². The fourth-order valence-corrected chi connectivity index (χ4v) is 3.37. The normalized spacial score (nSPS) is 13.1. The van der Waals surface area contributed by atoms with Gasteiger partial charge in [0.15, 0.2) is 6.10 Å². The number of carbonyl (C=O) groups excluding carboxylic acids is 1. The van der Waals surface area contributed by atoms with E-state index >= 15 is 0 Å². The number of benzene rings is 2. The Morgan fingerprint density at radius 3 is 2.36 bits per heavy atom. The molecule has 0 fully saturated rings. The number of methoxy groups -OCH3 is 1. The second-order valence-electron chi connectivity index (χ2n) is 7.67. The molecular weight excluding hydrogens is 350 g/mol. The lowest BCUT2D eigenvalue weighted by Gasteiger charge is -2.23. The van der Waals surface area contributed by atoms with Crippen molar-refractivity contribution in [1.82, 2.24) is 5.32 Å². The van der Waals surface area contributed by atoms with Crippen LogP contribution in [0.3, 0.4) is 0 Å². The van der Waals surface area contributed by atoms with Crippen LogP contribution in [-0.2, 0) is 4.79 Å². The molecule has 0 aromatic heterocycles. The summed E-state index contributed by atoms with van der Waals surface area (Å²) in [6, 6.07) is 11.9. The molecule has 0 aliphatic rings. The number of aryl methyl sites for hydroxylation is 2. The lowest BCUT2D eigenvalue weighted by molar-refractivity contribution is -0.128. The smallest absolute Gasteiger partial charge is 0.261 e.